The minimum atomic E-state index is -0.651. The molecule has 0 heterocycles. The van der Waals surface area contributed by atoms with Crippen LogP contribution in [0, 0.1) is 4.91 Å². The molecule has 0 aromatic rings. The molecule has 6 heteroatoms. The maximum Gasteiger partial charge on any atom is 0.332 e. The molecule has 0 spiro atoms. The summed E-state index contributed by atoms with van der Waals surface area (Å²) >= 11 is 0. The molecule has 0 fully saturated rings. The first-order chi connectivity index (χ1) is 4.16. The number of nitroso groups, excluding NO2 is 1. The van der Waals surface area contributed by atoms with Crippen LogP contribution < -0.4 is 5.73 Å². The number of hydrogen-bond acceptors (Lipinski definition) is 4. The molecule has 2 N–H and O–H groups in total. The zero-order valence-corrected chi connectivity index (χ0v) is 4.70. The second kappa shape index (κ2) is 3.53. The number of carbonyl (C=O) groups excluding carboxylic acids is 1. The average Bonchev–Trinajstić information content (AvgIpc) is 1.83. The molecule has 0 unspecified atom stereocenters. The molecular weight excluding hydrogens is 126 g/mol. The summed E-state index contributed by atoms with van der Waals surface area (Å²) in [7, 11) is 0. The first-order valence-corrected chi connectivity index (χ1v) is 2.01. The van der Waals surface area contributed by atoms with Crippen LogP contribution in [0.5, 0.6) is 0 Å². The van der Waals surface area contributed by atoms with Crippen molar-refractivity contribution in [3.05, 3.63) is 4.91 Å². The minimum absolute atomic E-state index is 0.606. The Morgan fingerprint density at radius 2 is 2.22 bits per heavy atom. The number of carbonyl (C=O) groups is 1. The highest BCUT2D eigenvalue weighted by Crippen LogP contribution is 1.77. The number of guanidine groups is 1. The fourth-order valence-corrected chi connectivity index (χ4v) is 0.128. The zero-order chi connectivity index (χ0) is 7.28. The van der Waals surface area contributed by atoms with Crippen LogP contribution in [-0.2, 0) is 9.63 Å². The lowest BCUT2D eigenvalue weighted by atomic mass is 10.8. The van der Waals surface area contributed by atoms with E-state index in [0.717, 1.165) is 6.92 Å². The largest absolute Gasteiger partial charge is 0.363 e. The molecular formula is C3H5N3O3. The van der Waals surface area contributed by atoms with E-state index in [1.807, 2.05) is 0 Å². The Kier molecular flexibility index (Phi) is 2.96. The Morgan fingerprint density at radius 3 is 2.56 bits per heavy atom. The molecule has 0 aliphatic heterocycles. The van der Waals surface area contributed by atoms with Crippen LogP contribution in [0.15, 0.2) is 10.3 Å². The van der Waals surface area contributed by atoms with Gasteiger partial charge >= 0.3 is 5.97 Å². The molecule has 0 saturated carbocycles. The van der Waals surface area contributed by atoms with Gasteiger partial charge in [0.25, 0.3) is 5.96 Å². The molecule has 0 bridgehead atoms. The second-order valence-electron chi connectivity index (χ2n) is 1.12. The monoisotopic (exact) mass is 131 g/mol. The maximum absolute atomic E-state index is 9.94. The fraction of sp³-hybridized carbons (Fsp3) is 0.333. The SMILES string of the molecule is CC(=O)O/N=C(/N)N=O. The van der Waals surface area contributed by atoms with Gasteiger partial charge < -0.3 is 10.6 Å². The van der Waals surface area contributed by atoms with E-state index in [2.05, 4.69) is 15.2 Å². The standard InChI is InChI=1S/C3H5N3O3/c1-2(7)9-6-3(4)5-8/h1H3,(H2,4,6). The third kappa shape index (κ3) is 4.39. The van der Waals surface area contributed by atoms with Gasteiger partial charge in [0.05, 0.1) is 0 Å². The second-order valence-corrected chi connectivity index (χ2v) is 1.12. The predicted octanol–water partition coefficient (Wildman–Crippen LogP) is -0.454. The van der Waals surface area contributed by atoms with Crippen molar-refractivity contribution in [2.24, 2.45) is 16.1 Å². The van der Waals surface area contributed by atoms with Crippen molar-refractivity contribution in [1.82, 2.24) is 0 Å². The molecule has 0 aromatic heterocycles. The molecule has 6 nitrogen and oxygen atoms in total. The molecule has 50 valence electrons. The van der Waals surface area contributed by atoms with E-state index in [4.69, 9.17) is 5.73 Å². The summed E-state index contributed by atoms with van der Waals surface area (Å²) in [6.45, 7) is 1.13. The quantitative estimate of drug-likeness (QED) is 0.171. The van der Waals surface area contributed by atoms with Crippen LogP contribution in [-0.4, -0.2) is 11.9 Å². The highest BCUT2D eigenvalue weighted by Gasteiger charge is 1.91. The van der Waals surface area contributed by atoms with Gasteiger partial charge in [0, 0.05) is 12.1 Å². The summed E-state index contributed by atoms with van der Waals surface area (Å²) < 4.78 is 0. The maximum atomic E-state index is 9.94. The minimum Gasteiger partial charge on any atom is -0.363 e. The van der Waals surface area contributed by atoms with Gasteiger partial charge in [0.15, 0.2) is 0 Å². The van der Waals surface area contributed by atoms with Crippen LogP contribution in [0.3, 0.4) is 0 Å². The van der Waals surface area contributed by atoms with E-state index in [1.165, 1.54) is 0 Å². The Bertz CT molecular complexity index is 152. The van der Waals surface area contributed by atoms with Gasteiger partial charge in [-0.15, -0.1) is 4.91 Å². The molecule has 0 aliphatic rings. The normalized spacial score (nSPS) is 10.6. The number of nitrogens with zero attached hydrogens (tertiary/aromatic N) is 2. The Morgan fingerprint density at radius 1 is 1.67 bits per heavy atom. The smallest absolute Gasteiger partial charge is 0.332 e. The molecule has 0 saturated heterocycles. The summed E-state index contributed by atoms with van der Waals surface area (Å²) in [6.07, 6.45) is 0. The van der Waals surface area contributed by atoms with Crippen molar-refractivity contribution >= 4 is 11.9 Å². The van der Waals surface area contributed by atoms with Crippen molar-refractivity contribution in [3.8, 4) is 0 Å². The number of nitrogens with two attached hydrogens (primary N) is 1. The first kappa shape index (κ1) is 7.54. The van der Waals surface area contributed by atoms with E-state index in [-0.39, 0.29) is 0 Å². The van der Waals surface area contributed by atoms with Gasteiger partial charge in [-0.25, -0.2) is 4.79 Å². The van der Waals surface area contributed by atoms with Crippen LogP contribution >= 0.6 is 0 Å². The van der Waals surface area contributed by atoms with Gasteiger partial charge in [-0.1, -0.05) is 0 Å². The van der Waals surface area contributed by atoms with Crippen molar-refractivity contribution in [1.29, 1.82) is 0 Å². The van der Waals surface area contributed by atoms with E-state index in [1.54, 1.807) is 0 Å². The van der Waals surface area contributed by atoms with Crippen molar-refractivity contribution in [2.45, 2.75) is 6.92 Å². The van der Waals surface area contributed by atoms with Crippen molar-refractivity contribution in [3.63, 3.8) is 0 Å². The number of rotatable bonds is 1. The van der Waals surface area contributed by atoms with E-state index in [9.17, 15) is 9.70 Å². The van der Waals surface area contributed by atoms with Gasteiger partial charge in [-0.2, -0.15) is 0 Å². The number of oxime groups is 1. The summed E-state index contributed by atoms with van der Waals surface area (Å²) in [5.41, 5.74) is 4.71. The summed E-state index contributed by atoms with van der Waals surface area (Å²) in [6, 6.07) is 0. The fourth-order valence-electron chi connectivity index (χ4n) is 0.128. The summed E-state index contributed by atoms with van der Waals surface area (Å²) in [5, 5.41) is 4.97. The lowest BCUT2D eigenvalue weighted by Gasteiger charge is -1.86. The highest BCUT2D eigenvalue weighted by atomic mass is 16.7. The van der Waals surface area contributed by atoms with E-state index < -0.39 is 11.9 Å². The number of hydrogen-bond donors (Lipinski definition) is 1. The van der Waals surface area contributed by atoms with E-state index in [0.29, 0.717) is 0 Å². The third-order valence-corrected chi connectivity index (χ3v) is 0.361. The van der Waals surface area contributed by atoms with Crippen LogP contribution in [0.2, 0.25) is 0 Å². The molecule has 0 amide bonds. The molecule has 0 atom stereocenters. The molecule has 0 rings (SSSR count). The predicted molar refractivity (Wildman–Crippen MR) is 29.2 cm³/mol. The topological polar surface area (TPSA) is 94.1 Å². The molecule has 0 aromatic carbocycles. The van der Waals surface area contributed by atoms with Gasteiger partial charge in [-0.3, -0.25) is 0 Å². The average molecular weight is 131 g/mol. The van der Waals surface area contributed by atoms with Gasteiger partial charge in [0.1, 0.15) is 0 Å². The van der Waals surface area contributed by atoms with Crippen LogP contribution in [0.1, 0.15) is 6.92 Å². The summed E-state index contributed by atoms with van der Waals surface area (Å²) in [5.74, 6) is -1.26. The zero-order valence-electron chi connectivity index (χ0n) is 4.70. The van der Waals surface area contributed by atoms with Crippen molar-refractivity contribution < 1.29 is 9.63 Å². The molecule has 0 aliphatic carbocycles. The van der Waals surface area contributed by atoms with Crippen molar-refractivity contribution in [2.75, 3.05) is 0 Å². The molecule has 9 heavy (non-hydrogen) atoms. The Balaban J connectivity index is 3.69. The molecule has 0 radical (unpaired) electrons. The van der Waals surface area contributed by atoms with Gasteiger partial charge in [-0.05, 0) is 5.16 Å². The highest BCUT2D eigenvalue weighted by molar-refractivity contribution is 5.78. The lowest BCUT2D eigenvalue weighted by Crippen LogP contribution is -2.08. The third-order valence-electron chi connectivity index (χ3n) is 0.361. The van der Waals surface area contributed by atoms with Gasteiger partial charge in [0.2, 0.25) is 0 Å². The first-order valence-electron chi connectivity index (χ1n) is 2.01. The van der Waals surface area contributed by atoms with E-state index >= 15 is 0 Å². The summed E-state index contributed by atoms with van der Waals surface area (Å²) in [4.78, 5) is 23.3. The lowest BCUT2D eigenvalue weighted by molar-refractivity contribution is -0.140. The van der Waals surface area contributed by atoms with Crippen LogP contribution in [0.25, 0.3) is 0 Å². The Hall–Kier alpha value is -1.46. The Labute approximate surface area is 50.6 Å². The van der Waals surface area contributed by atoms with Crippen LogP contribution in [0.4, 0.5) is 0 Å².